The third-order valence-corrected chi connectivity index (χ3v) is 9.77. The summed E-state index contributed by atoms with van der Waals surface area (Å²) in [6.07, 6.45) is 1.17. The Bertz CT molecular complexity index is 2020. The van der Waals surface area contributed by atoms with Crippen molar-refractivity contribution in [2.24, 2.45) is 7.05 Å². The first kappa shape index (κ1) is 22.7. The summed E-state index contributed by atoms with van der Waals surface area (Å²) in [7, 11) is 0.262. The van der Waals surface area contributed by atoms with Gasteiger partial charge in [0.1, 0.15) is 24.0 Å². The van der Waals surface area contributed by atoms with Gasteiger partial charge in [0.25, 0.3) is 0 Å². The molecule has 0 amide bonds. The van der Waals surface area contributed by atoms with Gasteiger partial charge in [0.2, 0.25) is 11.9 Å². The third-order valence-electron chi connectivity index (χ3n) is 7.71. The second kappa shape index (κ2) is 9.53. The summed E-state index contributed by atoms with van der Waals surface area (Å²) in [4.78, 5) is 0. The van der Waals surface area contributed by atoms with Crippen LogP contribution in [0.1, 0.15) is 15.2 Å². The summed E-state index contributed by atoms with van der Waals surface area (Å²) in [6, 6.07) is 24.8. The summed E-state index contributed by atoms with van der Waals surface area (Å²) in [6.45, 7) is 6.23. The van der Waals surface area contributed by atoms with Crippen molar-refractivity contribution in [3.05, 3.63) is 108 Å². The van der Waals surface area contributed by atoms with Gasteiger partial charge in [-0.15, -0.1) is 0 Å². The lowest BCUT2D eigenvalue weighted by molar-refractivity contribution is -0.662. The van der Waals surface area contributed by atoms with Crippen LogP contribution in [0.5, 0.6) is 0 Å². The van der Waals surface area contributed by atoms with Crippen molar-refractivity contribution >= 4 is 35.2 Å². The van der Waals surface area contributed by atoms with E-state index in [4.69, 9.17) is 8.53 Å². The molecule has 0 atom stereocenters. The zero-order valence-electron chi connectivity index (χ0n) is 26.2. The molecule has 0 aliphatic carbocycles. The van der Waals surface area contributed by atoms with Crippen molar-refractivity contribution in [1.29, 1.82) is 0 Å². The van der Waals surface area contributed by atoms with Gasteiger partial charge in [-0.25, -0.2) is 8.78 Å². The molecule has 2 nitrogen and oxygen atoms in total. The van der Waals surface area contributed by atoms with E-state index in [0.717, 1.165) is 27.5 Å². The Kier molecular flexibility index (Phi) is 5.40. The van der Waals surface area contributed by atoms with Crippen LogP contribution in [0.2, 0.25) is 19.6 Å². The van der Waals surface area contributed by atoms with Gasteiger partial charge >= 0.3 is 0 Å². The standard InChI is InChI=1S/C35H32F2NOSi/c1-21-7-16-27-28-17-18-29(36)33(35(28)39-34(27)32(21)31-19-22(2)30(37)20-38(31)3)25-10-8-23(9-11-25)24-12-14-26(15-13-24)40(4,5)6/h7-20H,1-6H3/q+1/i2D3. The number of nitrogens with zero attached hydrogens (tertiary/aromatic N) is 1. The Morgan fingerprint density at radius 2 is 1.27 bits per heavy atom. The Balaban J connectivity index is 1.50. The summed E-state index contributed by atoms with van der Waals surface area (Å²) in [5, 5.41) is 2.89. The molecule has 4 aromatic carbocycles. The Morgan fingerprint density at radius 3 is 1.90 bits per heavy atom. The van der Waals surface area contributed by atoms with E-state index in [1.165, 1.54) is 23.5 Å². The number of aromatic nitrogens is 1. The zero-order chi connectivity index (χ0) is 30.8. The number of fused-ring (bicyclic) bond motifs is 3. The SMILES string of the molecule is [2H]C([2H])([2H])c1cc(-c2c(C)ccc3c2oc2c(-c4ccc(-c5ccc([Si](C)(C)C)cc5)cc4)c(F)ccc23)[n+](C)cc1F. The second-order valence-electron chi connectivity index (χ2n) is 11.5. The molecule has 2 heterocycles. The van der Waals surface area contributed by atoms with E-state index >= 15 is 4.39 Å². The molecule has 0 aliphatic rings. The molecule has 5 heteroatoms. The fourth-order valence-electron chi connectivity index (χ4n) is 5.42. The maximum atomic E-state index is 15.5. The molecule has 0 bridgehead atoms. The molecule has 0 aliphatic heterocycles. The first-order valence-electron chi connectivity index (χ1n) is 14.8. The lowest BCUT2D eigenvalue weighted by Crippen LogP contribution is -2.37. The minimum atomic E-state index is -2.62. The smallest absolute Gasteiger partial charge is 0.216 e. The minimum Gasteiger partial charge on any atom is -0.454 e. The van der Waals surface area contributed by atoms with E-state index in [1.54, 1.807) is 17.7 Å². The van der Waals surface area contributed by atoms with Gasteiger partial charge in [-0.05, 0) is 53.7 Å². The largest absolute Gasteiger partial charge is 0.454 e. The van der Waals surface area contributed by atoms with E-state index in [9.17, 15) is 4.39 Å². The molecule has 0 saturated carbocycles. The summed E-state index contributed by atoms with van der Waals surface area (Å²) >= 11 is 0. The lowest BCUT2D eigenvalue weighted by Gasteiger charge is -2.16. The fourth-order valence-corrected chi connectivity index (χ4v) is 6.59. The van der Waals surface area contributed by atoms with Gasteiger partial charge in [0.15, 0.2) is 5.82 Å². The molecule has 0 saturated heterocycles. The Morgan fingerprint density at radius 1 is 0.700 bits per heavy atom. The highest BCUT2D eigenvalue weighted by Gasteiger charge is 2.24. The van der Waals surface area contributed by atoms with Crippen LogP contribution < -0.4 is 9.75 Å². The van der Waals surface area contributed by atoms with E-state index in [1.807, 2.05) is 43.3 Å². The highest BCUT2D eigenvalue weighted by molar-refractivity contribution is 6.88. The van der Waals surface area contributed by atoms with Gasteiger partial charge in [0.05, 0.1) is 19.2 Å². The second-order valence-corrected chi connectivity index (χ2v) is 16.5. The van der Waals surface area contributed by atoms with Crippen molar-refractivity contribution in [2.75, 3.05) is 0 Å². The summed E-state index contributed by atoms with van der Waals surface area (Å²) < 4.78 is 61.7. The van der Waals surface area contributed by atoms with Crippen LogP contribution in [0.3, 0.4) is 0 Å². The Hall–Kier alpha value is -4.09. The van der Waals surface area contributed by atoms with Crippen LogP contribution in [-0.4, -0.2) is 8.07 Å². The first-order valence-corrected chi connectivity index (χ1v) is 16.8. The predicted octanol–water partition coefficient (Wildman–Crippen LogP) is 8.85. The average molecular weight is 552 g/mol. The number of pyridine rings is 1. The molecular formula is C35H32F2NOSi+. The van der Waals surface area contributed by atoms with Crippen LogP contribution in [0.25, 0.3) is 55.4 Å². The highest BCUT2D eigenvalue weighted by atomic mass is 28.3. The Labute approximate surface area is 238 Å². The number of aryl methyl sites for hydroxylation is 3. The molecule has 6 aromatic rings. The van der Waals surface area contributed by atoms with E-state index < -0.39 is 26.6 Å². The van der Waals surface area contributed by atoms with Crippen molar-refractivity contribution in [2.45, 2.75) is 33.4 Å². The maximum Gasteiger partial charge on any atom is 0.216 e. The summed E-state index contributed by atoms with van der Waals surface area (Å²) in [5.41, 5.74) is 5.62. The number of hydrogen-bond donors (Lipinski definition) is 0. The van der Waals surface area contributed by atoms with Crippen LogP contribution >= 0.6 is 0 Å². The van der Waals surface area contributed by atoms with Crippen LogP contribution in [0.15, 0.2) is 89.5 Å². The number of furan rings is 1. The van der Waals surface area contributed by atoms with Gasteiger partial charge in [0, 0.05) is 21.0 Å². The number of rotatable bonds is 4. The molecular weight excluding hydrogens is 516 g/mol. The monoisotopic (exact) mass is 551 g/mol. The summed E-state index contributed by atoms with van der Waals surface area (Å²) in [5.74, 6) is -1.21. The molecule has 0 fully saturated rings. The molecule has 0 unspecified atom stereocenters. The minimum absolute atomic E-state index is 0.351. The van der Waals surface area contributed by atoms with E-state index in [-0.39, 0.29) is 5.56 Å². The van der Waals surface area contributed by atoms with Crippen molar-refractivity contribution in [1.82, 2.24) is 0 Å². The molecule has 40 heavy (non-hydrogen) atoms. The normalized spacial score (nSPS) is 13.4. The lowest BCUT2D eigenvalue weighted by atomic mass is 9.97. The van der Waals surface area contributed by atoms with E-state index in [2.05, 4.69) is 43.9 Å². The van der Waals surface area contributed by atoms with Crippen LogP contribution in [0, 0.1) is 25.4 Å². The van der Waals surface area contributed by atoms with E-state index in [0.29, 0.717) is 33.6 Å². The maximum absolute atomic E-state index is 15.5. The highest BCUT2D eigenvalue weighted by Crippen LogP contribution is 2.42. The van der Waals surface area contributed by atoms with Crippen LogP contribution in [0.4, 0.5) is 8.78 Å². The quantitative estimate of drug-likeness (QED) is 0.158. The average Bonchev–Trinajstić information content (AvgIpc) is 3.31. The molecule has 0 radical (unpaired) electrons. The third kappa shape index (κ3) is 4.35. The molecule has 0 spiro atoms. The molecule has 0 N–H and O–H groups in total. The topological polar surface area (TPSA) is 17.0 Å². The predicted molar refractivity (Wildman–Crippen MR) is 164 cm³/mol. The van der Waals surface area contributed by atoms with Gasteiger partial charge in [-0.2, -0.15) is 4.57 Å². The molecule has 6 rings (SSSR count). The fraction of sp³-hybridized carbons (Fsp3) is 0.171. The van der Waals surface area contributed by atoms with Gasteiger partial charge in [-0.1, -0.05) is 85.5 Å². The van der Waals surface area contributed by atoms with Gasteiger partial charge in [-0.3, -0.25) is 0 Å². The van der Waals surface area contributed by atoms with Crippen molar-refractivity contribution < 1.29 is 21.9 Å². The number of benzene rings is 4. The zero-order valence-corrected chi connectivity index (χ0v) is 24.2. The number of hydrogen-bond acceptors (Lipinski definition) is 1. The van der Waals surface area contributed by atoms with Crippen molar-refractivity contribution in [3.8, 4) is 33.5 Å². The van der Waals surface area contributed by atoms with Crippen molar-refractivity contribution in [3.63, 3.8) is 0 Å². The number of halogens is 2. The molecule has 2 aromatic heterocycles. The van der Waals surface area contributed by atoms with Gasteiger partial charge < -0.3 is 4.42 Å². The molecule has 200 valence electrons. The first-order chi connectivity index (χ1) is 20.2. The van der Waals surface area contributed by atoms with Crippen LogP contribution in [-0.2, 0) is 7.05 Å².